The van der Waals surface area contributed by atoms with Gasteiger partial charge in [-0.3, -0.25) is 4.79 Å². The topological polar surface area (TPSA) is 41.1 Å². The Bertz CT molecular complexity index is 261. The molecule has 7 heteroatoms. The highest BCUT2D eigenvalue weighted by Crippen LogP contribution is 2.41. The average molecular weight is 289 g/mol. The van der Waals surface area contributed by atoms with Crippen LogP contribution < -0.4 is 10.6 Å². The fourth-order valence-corrected chi connectivity index (χ4v) is 2.28. The Kier molecular flexibility index (Phi) is 7.62. The normalized spacial score (nSPS) is 24.2. The highest BCUT2D eigenvalue weighted by atomic mass is 35.5. The third kappa shape index (κ3) is 5.02. The summed E-state index contributed by atoms with van der Waals surface area (Å²) in [5, 5.41) is 5.38. The van der Waals surface area contributed by atoms with Crippen molar-refractivity contribution in [2.24, 2.45) is 11.8 Å². The molecule has 0 aromatic rings. The Balaban J connectivity index is 0.00000289. The maximum absolute atomic E-state index is 12.7. The molecule has 1 aliphatic rings. The molecule has 1 fully saturated rings. The number of alkyl halides is 3. The zero-order valence-corrected chi connectivity index (χ0v) is 11.2. The van der Waals surface area contributed by atoms with Gasteiger partial charge in [0.1, 0.15) is 0 Å². The molecule has 0 aromatic carbocycles. The summed E-state index contributed by atoms with van der Waals surface area (Å²) in [5.41, 5.74) is 0. The molecule has 1 rings (SSSR count). The van der Waals surface area contributed by atoms with Crippen molar-refractivity contribution in [1.29, 1.82) is 0 Å². The first-order valence-electron chi connectivity index (χ1n) is 5.96. The van der Waals surface area contributed by atoms with E-state index in [-0.39, 0.29) is 18.8 Å². The quantitative estimate of drug-likeness (QED) is 0.778. The second-order valence-electron chi connectivity index (χ2n) is 4.43. The molecule has 2 atom stereocenters. The molecule has 0 saturated heterocycles. The lowest BCUT2D eigenvalue weighted by molar-refractivity contribution is -0.198. The Morgan fingerprint density at radius 3 is 2.39 bits per heavy atom. The van der Waals surface area contributed by atoms with Gasteiger partial charge in [0.25, 0.3) is 0 Å². The van der Waals surface area contributed by atoms with Gasteiger partial charge < -0.3 is 10.6 Å². The molecule has 2 N–H and O–H groups in total. The standard InChI is InChI=1S/C11H19F3N2O.ClH/c1-15-6-7-16-10(17)8-4-2-3-5-9(8)11(12,13)14;/h8-9,15H,2-7H2,1H3,(H,16,17);1H. The van der Waals surface area contributed by atoms with Gasteiger partial charge in [0, 0.05) is 19.0 Å². The molecule has 0 aliphatic heterocycles. The maximum Gasteiger partial charge on any atom is 0.392 e. The number of hydrogen-bond acceptors (Lipinski definition) is 2. The summed E-state index contributed by atoms with van der Waals surface area (Å²) in [7, 11) is 1.73. The maximum atomic E-state index is 12.7. The highest BCUT2D eigenvalue weighted by Gasteiger charge is 2.47. The second kappa shape index (κ2) is 7.84. The van der Waals surface area contributed by atoms with Gasteiger partial charge in [-0.15, -0.1) is 12.4 Å². The summed E-state index contributed by atoms with van der Waals surface area (Å²) in [4.78, 5) is 11.7. The molecule has 0 heterocycles. The van der Waals surface area contributed by atoms with E-state index in [1.54, 1.807) is 7.05 Å². The van der Waals surface area contributed by atoms with Gasteiger partial charge in [-0.05, 0) is 19.9 Å². The Morgan fingerprint density at radius 2 is 1.83 bits per heavy atom. The van der Waals surface area contributed by atoms with Crippen molar-refractivity contribution in [3.8, 4) is 0 Å². The first-order chi connectivity index (χ1) is 7.96. The molecule has 0 radical (unpaired) electrons. The van der Waals surface area contributed by atoms with Gasteiger partial charge in [-0.1, -0.05) is 12.8 Å². The van der Waals surface area contributed by atoms with Crippen LogP contribution in [0.25, 0.3) is 0 Å². The van der Waals surface area contributed by atoms with Crippen LogP contribution in [-0.4, -0.2) is 32.2 Å². The predicted octanol–water partition coefficient (Wildman–Crippen LogP) is 2.11. The van der Waals surface area contributed by atoms with Crippen molar-refractivity contribution in [2.75, 3.05) is 20.1 Å². The Hall–Kier alpha value is -0.490. The van der Waals surface area contributed by atoms with Crippen LogP contribution in [-0.2, 0) is 4.79 Å². The molecular weight excluding hydrogens is 269 g/mol. The van der Waals surface area contributed by atoms with E-state index < -0.39 is 23.9 Å². The average Bonchev–Trinajstić information content (AvgIpc) is 2.28. The number of nitrogens with one attached hydrogen (secondary N) is 2. The number of likely N-dealkylation sites (N-methyl/N-ethyl adjacent to an activating group) is 1. The van der Waals surface area contributed by atoms with Crippen molar-refractivity contribution < 1.29 is 18.0 Å². The van der Waals surface area contributed by atoms with E-state index in [1.807, 2.05) is 0 Å². The minimum Gasteiger partial charge on any atom is -0.355 e. The first kappa shape index (κ1) is 17.5. The van der Waals surface area contributed by atoms with Crippen LogP contribution in [0.15, 0.2) is 0 Å². The smallest absolute Gasteiger partial charge is 0.355 e. The Morgan fingerprint density at radius 1 is 1.22 bits per heavy atom. The van der Waals surface area contributed by atoms with E-state index in [0.717, 1.165) is 0 Å². The van der Waals surface area contributed by atoms with Crippen LogP contribution in [0.1, 0.15) is 25.7 Å². The van der Waals surface area contributed by atoms with E-state index in [9.17, 15) is 18.0 Å². The molecular formula is C11H20ClF3N2O. The zero-order chi connectivity index (χ0) is 12.9. The number of rotatable bonds is 4. The molecule has 2 unspecified atom stereocenters. The molecule has 18 heavy (non-hydrogen) atoms. The van der Waals surface area contributed by atoms with E-state index >= 15 is 0 Å². The number of halogens is 4. The van der Waals surface area contributed by atoms with E-state index in [2.05, 4.69) is 10.6 Å². The number of hydrogen-bond donors (Lipinski definition) is 2. The van der Waals surface area contributed by atoms with Crippen LogP contribution in [0.2, 0.25) is 0 Å². The summed E-state index contributed by atoms with van der Waals surface area (Å²) in [6, 6.07) is 0. The number of carbonyl (C=O) groups excluding carboxylic acids is 1. The molecule has 0 aromatic heterocycles. The summed E-state index contributed by atoms with van der Waals surface area (Å²) >= 11 is 0. The molecule has 1 aliphatic carbocycles. The minimum absolute atomic E-state index is 0. The van der Waals surface area contributed by atoms with Crippen LogP contribution >= 0.6 is 12.4 Å². The third-order valence-corrected chi connectivity index (χ3v) is 3.20. The summed E-state index contributed by atoms with van der Waals surface area (Å²) in [6.45, 7) is 0.936. The lowest BCUT2D eigenvalue weighted by atomic mass is 9.78. The lowest BCUT2D eigenvalue weighted by Gasteiger charge is -2.31. The van der Waals surface area contributed by atoms with Crippen LogP contribution in [0.5, 0.6) is 0 Å². The molecule has 0 bridgehead atoms. The van der Waals surface area contributed by atoms with Crippen molar-refractivity contribution in [3.05, 3.63) is 0 Å². The monoisotopic (exact) mass is 288 g/mol. The zero-order valence-electron chi connectivity index (χ0n) is 10.3. The molecule has 0 spiro atoms. The third-order valence-electron chi connectivity index (χ3n) is 3.20. The van der Waals surface area contributed by atoms with Crippen molar-refractivity contribution in [3.63, 3.8) is 0 Å². The number of amides is 1. The van der Waals surface area contributed by atoms with E-state index in [0.29, 0.717) is 32.4 Å². The molecule has 108 valence electrons. The van der Waals surface area contributed by atoms with Gasteiger partial charge in [0.15, 0.2) is 0 Å². The van der Waals surface area contributed by atoms with Crippen molar-refractivity contribution in [1.82, 2.24) is 10.6 Å². The van der Waals surface area contributed by atoms with Gasteiger partial charge in [-0.2, -0.15) is 13.2 Å². The summed E-state index contributed by atoms with van der Waals surface area (Å²) in [5.74, 6) is -2.83. The molecule has 3 nitrogen and oxygen atoms in total. The lowest BCUT2D eigenvalue weighted by Crippen LogP contribution is -2.43. The van der Waals surface area contributed by atoms with Crippen molar-refractivity contribution in [2.45, 2.75) is 31.9 Å². The van der Waals surface area contributed by atoms with Gasteiger partial charge in [-0.25, -0.2) is 0 Å². The molecule has 1 amide bonds. The van der Waals surface area contributed by atoms with Crippen LogP contribution in [0.4, 0.5) is 13.2 Å². The summed E-state index contributed by atoms with van der Waals surface area (Å²) < 4.78 is 38.2. The van der Waals surface area contributed by atoms with Crippen LogP contribution in [0, 0.1) is 11.8 Å². The van der Waals surface area contributed by atoms with Crippen molar-refractivity contribution >= 4 is 18.3 Å². The van der Waals surface area contributed by atoms with Gasteiger partial charge >= 0.3 is 6.18 Å². The first-order valence-corrected chi connectivity index (χ1v) is 5.96. The fraction of sp³-hybridized carbons (Fsp3) is 0.909. The largest absolute Gasteiger partial charge is 0.392 e. The highest BCUT2D eigenvalue weighted by molar-refractivity contribution is 5.85. The molecule has 1 saturated carbocycles. The predicted molar refractivity (Wildman–Crippen MR) is 65.7 cm³/mol. The fourth-order valence-electron chi connectivity index (χ4n) is 2.28. The minimum atomic E-state index is -4.26. The second-order valence-corrected chi connectivity index (χ2v) is 4.43. The van der Waals surface area contributed by atoms with E-state index in [4.69, 9.17) is 0 Å². The SMILES string of the molecule is CNCCNC(=O)C1CCCCC1C(F)(F)F.Cl. The van der Waals surface area contributed by atoms with Gasteiger partial charge in [0.2, 0.25) is 5.91 Å². The Labute approximate surface area is 111 Å². The van der Waals surface area contributed by atoms with Crippen LogP contribution in [0.3, 0.4) is 0 Å². The summed E-state index contributed by atoms with van der Waals surface area (Å²) in [6.07, 6.45) is -2.57. The van der Waals surface area contributed by atoms with E-state index in [1.165, 1.54) is 0 Å². The number of carbonyl (C=O) groups is 1. The van der Waals surface area contributed by atoms with Gasteiger partial charge in [0.05, 0.1) is 5.92 Å².